The Morgan fingerprint density at radius 3 is 2.76 bits per heavy atom. The quantitative estimate of drug-likeness (QED) is 0.727. The fraction of sp³-hybridized carbons (Fsp3) is 0.923. The predicted octanol–water partition coefficient (Wildman–Crippen LogP) is 2.29. The van der Waals surface area contributed by atoms with Crippen molar-refractivity contribution >= 4 is 6.09 Å². The van der Waals surface area contributed by atoms with E-state index in [2.05, 4.69) is 10.6 Å². The van der Waals surface area contributed by atoms with Gasteiger partial charge < -0.3 is 15.4 Å². The Kier molecular flexibility index (Phi) is 5.75. The van der Waals surface area contributed by atoms with Crippen molar-refractivity contribution in [1.82, 2.24) is 10.6 Å². The highest BCUT2D eigenvalue weighted by Gasteiger charge is 2.15. The van der Waals surface area contributed by atoms with E-state index in [4.69, 9.17) is 4.74 Å². The number of ether oxygens (including phenoxy) is 1. The minimum Gasteiger partial charge on any atom is -0.450 e. The molecule has 2 N–H and O–H groups in total. The zero-order valence-electron chi connectivity index (χ0n) is 11.3. The maximum atomic E-state index is 11.3. The molecule has 4 nitrogen and oxygen atoms in total. The molecular weight excluding hydrogens is 216 g/mol. The Morgan fingerprint density at radius 1 is 1.41 bits per heavy atom. The summed E-state index contributed by atoms with van der Waals surface area (Å²) in [7, 11) is 0. The molecule has 1 saturated heterocycles. The second-order valence-corrected chi connectivity index (χ2v) is 5.87. The van der Waals surface area contributed by atoms with Gasteiger partial charge in [0.2, 0.25) is 0 Å². The van der Waals surface area contributed by atoms with Gasteiger partial charge in [-0.3, -0.25) is 0 Å². The number of hydrogen-bond acceptors (Lipinski definition) is 3. The number of alkyl carbamates (subject to hydrolysis) is 1. The third-order valence-electron chi connectivity index (χ3n) is 2.88. The van der Waals surface area contributed by atoms with Crippen LogP contribution in [0.5, 0.6) is 0 Å². The van der Waals surface area contributed by atoms with Crippen LogP contribution in [0.2, 0.25) is 0 Å². The molecule has 1 heterocycles. The molecule has 1 amide bonds. The zero-order valence-corrected chi connectivity index (χ0v) is 11.3. The molecule has 0 radical (unpaired) electrons. The minimum atomic E-state index is -0.306. The highest BCUT2D eigenvalue weighted by Crippen LogP contribution is 2.15. The molecule has 1 unspecified atom stereocenters. The van der Waals surface area contributed by atoms with Crippen LogP contribution in [0.1, 0.15) is 46.5 Å². The fourth-order valence-electron chi connectivity index (χ4n) is 2.00. The van der Waals surface area contributed by atoms with E-state index >= 15 is 0 Å². The van der Waals surface area contributed by atoms with Crippen molar-refractivity contribution in [2.24, 2.45) is 5.92 Å². The van der Waals surface area contributed by atoms with Crippen molar-refractivity contribution in [2.45, 2.75) is 52.0 Å². The molecule has 4 heteroatoms. The predicted molar refractivity (Wildman–Crippen MR) is 69.1 cm³/mol. The highest BCUT2D eigenvalue weighted by atomic mass is 16.5. The topological polar surface area (TPSA) is 50.4 Å². The van der Waals surface area contributed by atoms with Crippen LogP contribution in [0, 0.1) is 5.92 Å². The molecule has 1 fully saturated rings. The Bertz CT molecular complexity index is 230. The van der Waals surface area contributed by atoms with Gasteiger partial charge in [0.05, 0.1) is 6.61 Å². The normalized spacial score (nSPS) is 20.3. The summed E-state index contributed by atoms with van der Waals surface area (Å²) in [6.45, 7) is 8.69. The summed E-state index contributed by atoms with van der Waals surface area (Å²) in [5.41, 5.74) is -0.216. The number of rotatable bonds is 5. The number of amides is 1. The first-order valence-corrected chi connectivity index (χ1v) is 6.63. The molecule has 17 heavy (non-hydrogen) atoms. The lowest BCUT2D eigenvalue weighted by molar-refractivity contribution is 0.135. The first kappa shape index (κ1) is 14.3. The van der Waals surface area contributed by atoms with E-state index in [9.17, 15) is 4.79 Å². The molecule has 1 aliphatic heterocycles. The third-order valence-corrected chi connectivity index (χ3v) is 2.88. The standard InChI is InChI=1S/C13H26N2O2/c1-13(2,3)15-12(16)17-9-5-4-6-11-7-8-14-10-11/h11,14H,4-10H2,1-3H3,(H,15,16). The van der Waals surface area contributed by atoms with Crippen LogP contribution in [0.15, 0.2) is 0 Å². The average Bonchev–Trinajstić information content (AvgIpc) is 2.67. The van der Waals surface area contributed by atoms with Gasteiger partial charge in [-0.1, -0.05) is 0 Å². The summed E-state index contributed by atoms with van der Waals surface area (Å²) in [5, 5.41) is 6.14. The van der Waals surface area contributed by atoms with E-state index < -0.39 is 0 Å². The van der Waals surface area contributed by atoms with Gasteiger partial charge in [-0.05, 0) is 65.5 Å². The number of hydrogen-bond donors (Lipinski definition) is 2. The maximum Gasteiger partial charge on any atom is 0.407 e. The first-order valence-electron chi connectivity index (χ1n) is 6.63. The van der Waals surface area contributed by atoms with E-state index in [0.717, 1.165) is 31.8 Å². The lowest BCUT2D eigenvalue weighted by atomic mass is 10.0. The Hall–Kier alpha value is -0.770. The van der Waals surface area contributed by atoms with Gasteiger partial charge in [0.25, 0.3) is 0 Å². The Labute approximate surface area is 104 Å². The molecule has 1 aliphatic rings. The molecule has 100 valence electrons. The third kappa shape index (κ3) is 7.21. The van der Waals surface area contributed by atoms with Crippen LogP contribution in [-0.4, -0.2) is 31.3 Å². The summed E-state index contributed by atoms with van der Waals surface area (Å²) in [6, 6.07) is 0. The zero-order chi connectivity index (χ0) is 12.7. The van der Waals surface area contributed by atoms with Crippen LogP contribution >= 0.6 is 0 Å². The molecule has 0 aliphatic carbocycles. The number of unbranched alkanes of at least 4 members (excludes halogenated alkanes) is 1. The van der Waals surface area contributed by atoms with Gasteiger partial charge in [-0.15, -0.1) is 0 Å². The highest BCUT2D eigenvalue weighted by molar-refractivity contribution is 5.67. The number of carbonyl (C=O) groups is 1. The summed E-state index contributed by atoms with van der Waals surface area (Å²) in [5.74, 6) is 0.832. The number of carbonyl (C=O) groups excluding carboxylic acids is 1. The smallest absolute Gasteiger partial charge is 0.407 e. The van der Waals surface area contributed by atoms with Gasteiger partial charge in [0, 0.05) is 5.54 Å². The van der Waals surface area contributed by atoms with Crippen molar-refractivity contribution in [3.8, 4) is 0 Å². The number of nitrogens with one attached hydrogen (secondary N) is 2. The van der Waals surface area contributed by atoms with Crippen molar-refractivity contribution in [3.05, 3.63) is 0 Å². The summed E-state index contributed by atoms with van der Waals surface area (Å²) < 4.78 is 5.12. The van der Waals surface area contributed by atoms with E-state index in [1.165, 1.54) is 12.8 Å². The second-order valence-electron chi connectivity index (χ2n) is 5.87. The monoisotopic (exact) mass is 242 g/mol. The summed E-state index contributed by atoms with van der Waals surface area (Å²) in [6.07, 6.45) is 4.35. The molecule has 0 aromatic carbocycles. The van der Waals surface area contributed by atoms with Crippen molar-refractivity contribution < 1.29 is 9.53 Å². The minimum absolute atomic E-state index is 0.216. The lowest BCUT2D eigenvalue weighted by Crippen LogP contribution is -2.41. The molecule has 0 aromatic heterocycles. The van der Waals surface area contributed by atoms with E-state index in [0.29, 0.717) is 6.61 Å². The van der Waals surface area contributed by atoms with Crippen molar-refractivity contribution in [2.75, 3.05) is 19.7 Å². The van der Waals surface area contributed by atoms with Gasteiger partial charge >= 0.3 is 6.09 Å². The average molecular weight is 242 g/mol. The van der Waals surface area contributed by atoms with Gasteiger partial charge in [-0.2, -0.15) is 0 Å². The van der Waals surface area contributed by atoms with Gasteiger partial charge in [0.15, 0.2) is 0 Å². The van der Waals surface area contributed by atoms with Crippen LogP contribution in [0.25, 0.3) is 0 Å². The first-order chi connectivity index (χ1) is 7.97. The van der Waals surface area contributed by atoms with E-state index in [-0.39, 0.29) is 11.6 Å². The maximum absolute atomic E-state index is 11.3. The Balaban J connectivity index is 1.94. The molecule has 1 rings (SSSR count). The van der Waals surface area contributed by atoms with Crippen molar-refractivity contribution in [3.63, 3.8) is 0 Å². The molecule has 0 aromatic rings. The van der Waals surface area contributed by atoms with Crippen LogP contribution in [-0.2, 0) is 4.74 Å². The molecule has 0 bridgehead atoms. The van der Waals surface area contributed by atoms with E-state index in [1.807, 2.05) is 20.8 Å². The summed E-state index contributed by atoms with van der Waals surface area (Å²) in [4.78, 5) is 11.3. The van der Waals surface area contributed by atoms with Gasteiger partial charge in [0.1, 0.15) is 0 Å². The summed E-state index contributed by atoms with van der Waals surface area (Å²) >= 11 is 0. The van der Waals surface area contributed by atoms with E-state index in [1.54, 1.807) is 0 Å². The molecule has 0 saturated carbocycles. The second kappa shape index (κ2) is 6.84. The van der Waals surface area contributed by atoms with Crippen LogP contribution in [0.4, 0.5) is 4.79 Å². The molecule has 1 atom stereocenters. The molecule has 0 spiro atoms. The largest absolute Gasteiger partial charge is 0.450 e. The molecular formula is C13H26N2O2. The SMILES string of the molecule is CC(C)(C)NC(=O)OCCCCC1CCNC1. The van der Waals surface area contributed by atoms with Crippen molar-refractivity contribution in [1.29, 1.82) is 0 Å². The van der Waals surface area contributed by atoms with Gasteiger partial charge in [-0.25, -0.2) is 4.79 Å². The fourth-order valence-corrected chi connectivity index (χ4v) is 2.00. The van der Waals surface area contributed by atoms with Crippen LogP contribution in [0.3, 0.4) is 0 Å². The lowest BCUT2D eigenvalue weighted by Gasteiger charge is -2.19. The Morgan fingerprint density at radius 2 is 2.18 bits per heavy atom. The van der Waals surface area contributed by atoms with Crippen LogP contribution < -0.4 is 10.6 Å².